The number of rotatable bonds is 38. The third-order valence-corrected chi connectivity index (χ3v) is 9.77. The van der Waals surface area contributed by atoms with Gasteiger partial charge in [0, 0.05) is 12.8 Å². The number of allylic oxidation sites excluding steroid dienone is 10. The number of phosphoric ester groups is 1. The molecule has 0 spiro atoms. The van der Waals surface area contributed by atoms with Gasteiger partial charge in [-0.1, -0.05) is 132 Å². The van der Waals surface area contributed by atoms with Crippen LogP contribution in [0, 0.1) is 0 Å². The molecule has 10 nitrogen and oxygen atoms in total. The minimum absolute atomic E-state index is 0.00397. The van der Waals surface area contributed by atoms with Gasteiger partial charge in [0.25, 0.3) is 0 Å². The maximum Gasteiger partial charge on any atom is 0.472 e. The minimum atomic E-state index is -4.41. The van der Waals surface area contributed by atoms with E-state index >= 15 is 0 Å². The summed E-state index contributed by atoms with van der Waals surface area (Å²) in [6, 6.07) is 0. The fourth-order valence-electron chi connectivity index (χ4n) is 5.29. The molecule has 0 fully saturated rings. The van der Waals surface area contributed by atoms with Crippen LogP contribution in [0.1, 0.15) is 149 Å². The van der Waals surface area contributed by atoms with Crippen LogP contribution < -0.4 is 0 Å². The van der Waals surface area contributed by atoms with Crippen LogP contribution in [0.15, 0.2) is 72.9 Å². The average molecular weight is 823 g/mol. The molecule has 2 N–H and O–H groups in total. The lowest BCUT2D eigenvalue weighted by molar-refractivity contribution is -0.870. The molecule has 0 aliphatic carbocycles. The van der Waals surface area contributed by atoms with Gasteiger partial charge in [0.05, 0.1) is 33.9 Å². The lowest BCUT2D eigenvalue weighted by atomic mass is 10.1. The number of nitrogens with zero attached hydrogens (tertiary/aromatic N) is 1. The van der Waals surface area contributed by atoms with E-state index in [1.165, 1.54) is 44.9 Å². The number of aliphatic hydroxyl groups is 1. The molecule has 0 aliphatic heterocycles. The van der Waals surface area contributed by atoms with E-state index in [1.54, 1.807) is 6.08 Å². The van der Waals surface area contributed by atoms with Crippen molar-refractivity contribution in [3.8, 4) is 0 Å². The first-order valence-corrected chi connectivity index (χ1v) is 23.3. The number of unbranched alkanes of at least 4 members (excludes halogenated alkanes) is 12. The Morgan fingerprint density at radius 3 is 1.81 bits per heavy atom. The third-order valence-electron chi connectivity index (χ3n) is 8.79. The molecule has 0 aliphatic rings. The molecular weight excluding hydrogens is 741 g/mol. The molecule has 3 atom stereocenters. The topological polar surface area (TPSA) is 129 Å². The molecule has 0 rings (SSSR count). The lowest BCUT2D eigenvalue weighted by Gasteiger charge is -2.24. The molecule has 0 saturated heterocycles. The van der Waals surface area contributed by atoms with Crippen molar-refractivity contribution in [3.63, 3.8) is 0 Å². The number of aliphatic hydroxyl groups excluding tert-OH is 1. The Bertz CT molecular complexity index is 1220. The van der Waals surface area contributed by atoms with Gasteiger partial charge in [-0.2, -0.15) is 0 Å². The summed E-state index contributed by atoms with van der Waals surface area (Å²) in [6.45, 7) is 4.17. The number of hydrogen-bond donors (Lipinski definition) is 2. The molecule has 1 unspecified atom stereocenters. The summed E-state index contributed by atoms with van der Waals surface area (Å²) in [5.41, 5.74) is 0. The van der Waals surface area contributed by atoms with Gasteiger partial charge >= 0.3 is 19.8 Å². The largest absolute Gasteiger partial charge is 0.472 e. The highest BCUT2D eigenvalue weighted by atomic mass is 31.2. The maximum absolute atomic E-state index is 12.7. The zero-order valence-electron chi connectivity index (χ0n) is 36.4. The highest BCUT2D eigenvalue weighted by Gasteiger charge is 2.27. The van der Waals surface area contributed by atoms with Gasteiger partial charge < -0.3 is 24.0 Å². The van der Waals surface area contributed by atoms with E-state index in [9.17, 15) is 24.2 Å². The van der Waals surface area contributed by atoms with E-state index < -0.39 is 38.6 Å². The molecule has 0 saturated carbocycles. The molecule has 0 aromatic heterocycles. The Kier molecular flexibility index (Phi) is 36.0. The van der Waals surface area contributed by atoms with Gasteiger partial charge in [0.15, 0.2) is 6.10 Å². The van der Waals surface area contributed by atoms with Crippen LogP contribution in [0.5, 0.6) is 0 Å². The van der Waals surface area contributed by atoms with Crippen molar-refractivity contribution in [3.05, 3.63) is 72.9 Å². The summed E-state index contributed by atoms with van der Waals surface area (Å²) in [5, 5.41) is 10.1. The van der Waals surface area contributed by atoms with Gasteiger partial charge in [0.2, 0.25) is 0 Å². The number of hydrogen-bond acceptors (Lipinski definition) is 8. The van der Waals surface area contributed by atoms with Crippen LogP contribution in [0.4, 0.5) is 0 Å². The molecule has 0 radical (unpaired) electrons. The van der Waals surface area contributed by atoms with Crippen LogP contribution in [0.2, 0.25) is 0 Å². The second-order valence-corrected chi connectivity index (χ2v) is 17.0. The van der Waals surface area contributed by atoms with Crippen molar-refractivity contribution >= 4 is 19.8 Å². The SMILES string of the molecule is CCCCC/C=C\C=C/[C@H](O)C/C=C\C/C=C/CCCC(=O)O[C@H](COC(=O)CCCCCCC/C=C\C/C=C\CCCCC)COP(=O)(O)OCC[N+](C)(C)C. The van der Waals surface area contributed by atoms with E-state index in [-0.39, 0.29) is 26.1 Å². The van der Waals surface area contributed by atoms with Gasteiger partial charge in [-0.05, 0) is 77.0 Å². The summed E-state index contributed by atoms with van der Waals surface area (Å²) in [6.07, 6.45) is 42.6. The lowest BCUT2D eigenvalue weighted by Crippen LogP contribution is -2.37. The van der Waals surface area contributed by atoms with E-state index in [0.717, 1.165) is 51.4 Å². The zero-order valence-corrected chi connectivity index (χ0v) is 37.3. The van der Waals surface area contributed by atoms with E-state index in [0.29, 0.717) is 36.7 Å². The molecular formula is C46H81NO9P+. The summed E-state index contributed by atoms with van der Waals surface area (Å²) in [5.74, 6) is -0.929. The van der Waals surface area contributed by atoms with Crippen LogP contribution >= 0.6 is 7.82 Å². The zero-order chi connectivity index (χ0) is 42.3. The number of esters is 2. The fraction of sp³-hybridized carbons (Fsp3) is 0.696. The van der Waals surface area contributed by atoms with Crippen LogP contribution in [-0.2, 0) is 32.7 Å². The molecule has 0 aromatic carbocycles. The first kappa shape index (κ1) is 54.4. The number of carbonyl (C=O) groups excluding carboxylic acids is 2. The molecule has 0 amide bonds. The smallest absolute Gasteiger partial charge is 0.462 e. The Labute approximate surface area is 347 Å². The summed E-state index contributed by atoms with van der Waals surface area (Å²) < 4.78 is 34.2. The second-order valence-electron chi connectivity index (χ2n) is 15.6. The highest BCUT2D eigenvalue weighted by Crippen LogP contribution is 2.43. The van der Waals surface area contributed by atoms with Crippen LogP contribution in [-0.4, -0.2) is 86.1 Å². The van der Waals surface area contributed by atoms with Crippen molar-refractivity contribution in [2.45, 2.75) is 161 Å². The Morgan fingerprint density at radius 2 is 1.18 bits per heavy atom. The number of phosphoric acid groups is 1. The van der Waals surface area contributed by atoms with Crippen molar-refractivity contribution in [1.82, 2.24) is 0 Å². The highest BCUT2D eigenvalue weighted by molar-refractivity contribution is 7.47. The van der Waals surface area contributed by atoms with Crippen LogP contribution in [0.25, 0.3) is 0 Å². The van der Waals surface area contributed by atoms with Gasteiger partial charge in [-0.25, -0.2) is 4.57 Å². The first-order valence-electron chi connectivity index (χ1n) is 21.8. The molecule has 0 aromatic rings. The van der Waals surface area contributed by atoms with Crippen molar-refractivity contribution in [1.29, 1.82) is 0 Å². The van der Waals surface area contributed by atoms with Crippen molar-refractivity contribution < 1.29 is 47.2 Å². The van der Waals surface area contributed by atoms with E-state index in [1.807, 2.05) is 57.6 Å². The first-order chi connectivity index (χ1) is 27.4. The van der Waals surface area contributed by atoms with Gasteiger partial charge in [0.1, 0.15) is 19.8 Å². The van der Waals surface area contributed by atoms with Crippen molar-refractivity contribution in [2.24, 2.45) is 0 Å². The Hall–Kier alpha value is -2.59. The molecule has 328 valence electrons. The molecule has 0 bridgehead atoms. The quantitative estimate of drug-likeness (QED) is 0.0156. The molecule has 0 heterocycles. The Morgan fingerprint density at radius 1 is 0.632 bits per heavy atom. The van der Waals surface area contributed by atoms with E-state index in [4.69, 9.17) is 18.5 Å². The second kappa shape index (κ2) is 37.7. The molecule has 57 heavy (non-hydrogen) atoms. The number of likely N-dealkylation sites (N-methyl/N-ethyl adjacent to an activating group) is 1. The fourth-order valence-corrected chi connectivity index (χ4v) is 6.03. The number of carbonyl (C=O) groups is 2. The van der Waals surface area contributed by atoms with Gasteiger partial charge in [-0.15, -0.1) is 0 Å². The predicted octanol–water partition coefficient (Wildman–Crippen LogP) is 11.2. The van der Waals surface area contributed by atoms with Gasteiger partial charge in [-0.3, -0.25) is 18.6 Å². The summed E-state index contributed by atoms with van der Waals surface area (Å²) >= 11 is 0. The predicted molar refractivity (Wildman–Crippen MR) is 235 cm³/mol. The van der Waals surface area contributed by atoms with Crippen molar-refractivity contribution in [2.75, 3.05) is 47.5 Å². The standard InChI is InChI=1S/C46H80NO9P/c1-6-8-10-12-14-15-16-17-18-19-20-21-25-29-33-37-45(49)53-41-44(42-55-57(51,52)54-40-39-47(3,4)5)56-46(50)38-34-30-26-22-24-28-32-36-43(48)35-31-27-23-13-11-9-7-2/h14-15,17-18,22-23,26-28,31-32,35,43-44,48H,6-13,16,19-21,24-25,29-30,33-34,36-42H2,1-5H3/p+1/b15-14-,18-17-,26-22+,27-23-,32-28-,35-31-/t43-,44+/m0/s1. The third kappa shape index (κ3) is 41.4. The summed E-state index contributed by atoms with van der Waals surface area (Å²) in [7, 11) is 1.38. The minimum Gasteiger partial charge on any atom is -0.462 e. The summed E-state index contributed by atoms with van der Waals surface area (Å²) in [4.78, 5) is 35.3. The Balaban J connectivity index is 4.57. The monoisotopic (exact) mass is 823 g/mol. The average Bonchev–Trinajstić information content (AvgIpc) is 3.15. The maximum atomic E-state index is 12.7. The molecule has 11 heteroatoms. The number of ether oxygens (including phenoxy) is 2. The number of quaternary nitrogens is 1. The normalized spacial score (nSPS) is 14.9. The van der Waals surface area contributed by atoms with Crippen LogP contribution in [0.3, 0.4) is 0 Å². The van der Waals surface area contributed by atoms with E-state index in [2.05, 4.69) is 44.2 Å².